The molecule has 92 valence electrons. The van der Waals surface area contributed by atoms with Gasteiger partial charge in [0.15, 0.2) is 5.11 Å². The van der Waals surface area contributed by atoms with Crippen LogP contribution in [-0.4, -0.2) is 30.2 Å². The highest BCUT2D eigenvalue weighted by Gasteiger charge is 2.22. The lowest BCUT2D eigenvalue weighted by Gasteiger charge is -2.11. The van der Waals surface area contributed by atoms with E-state index in [1.807, 2.05) is 0 Å². The first-order chi connectivity index (χ1) is 7.58. The van der Waals surface area contributed by atoms with E-state index in [-0.39, 0.29) is 5.91 Å². The molecule has 0 bridgehead atoms. The molecule has 0 saturated heterocycles. The molecular weight excluding hydrogens is 222 g/mol. The molecule has 0 atom stereocenters. The van der Waals surface area contributed by atoms with Crippen molar-refractivity contribution in [2.45, 2.75) is 39.2 Å². The van der Waals surface area contributed by atoms with Crippen LogP contribution in [0, 0.1) is 5.92 Å². The van der Waals surface area contributed by atoms with Crippen LogP contribution in [0.2, 0.25) is 0 Å². The van der Waals surface area contributed by atoms with Crippen molar-refractivity contribution >= 4 is 23.2 Å². The van der Waals surface area contributed by atoms with E-state index in [0.717, 1.165) is 19.4 Å². The van der Waals surface area contributed by atoms with Crippen LogP contribution in [0.15, 0.2) is 0 Å². The summed E-state index contributed by atoms with van der Waals surface area (Å²) in [6, 6.07) is 0.443. The molecule has 1 amide bonds. The smallest absolute Gasteiger partial charge is 0.221 e. The van der Waals surface area contributed by atoms with Crippen LogP contribution in [0.4, 0.5) is 0 Å². The number of nitrogens with one attached hydrogen (secondary N) is 3. The summed E-state index contributed by atoms with van der Waals surface area (Å²) in [7, 11) is 0. The minimum absolute atomic E-state index is 0.113. The maximum absolute atomic E-state index is 11.3. The number of amides is 1. The molecule has 16 heavy (non-hydrogen) atoms. The number of carbonyl (C=O) groups excluding carboxylic acids is 1. The van der Waals surface area contributed by atoms with Crippen LogP contribution < -0.4 is 16.0 Å². The fourth-order valence-corrected chi connectivity index (χ4v) is 1.36. The Morgan fingerprint density at radius 1 is 1.38 bits per heavy atom. The lowest BCUT2D eigenvalue weighted by molar-refractivity contribution is -0.121. The zero-order chi connectivity index (χ0) is 12.0. The third-order valence-corrected chi connectivity index (χ3v) is 2.54. The zero-order valence-electron chi connectivity index (χ0n) is 10.0. The quantitative estimate of drug-likeness (QED) is 0.603. The van der Waals surface area contributed by atoms with E-state index in [1.165, 1.54) is 0 Å². The van der Waals surface area contributed by atoms with Crippen LogP contribution in [0.5, 0.6) is 0 Å². The van der Waals surface area contributed by atoms with Crippen molar-refractivity contribution in [2.75, 3.05) is 13.1 Å². The van der Waals surface area contributed by atoms with E-state index in [9.17, 15) is 4.79 Å². The molecule has 0 aromatic rings. The van der Waals surface area contributed by atoms with E-state index in [2.05, 4.69) is 29.8 Å². The molecule has 1 fully saturated rings. The summed E-state index contributed by atoms with van der Waals surface area (Å²) in [5, 5.41) is 9.69. The van der Waals surface area contributed by atoms with Gasteiger partial charge in [0.1, 0.15) is 0 Å². The van der Waals surface area contributed by atoms with Crippen LogP contribution in [-0.2, 0) is 4.79 Å². The molecule has 3 N–H and O–H groups in total. The number of thiocarbonyl (C=S) groups is 1. The Bertz CT molecular complexity index is 252. The molecule has 1 aliphatic rings. The summed E-state index contributed by atoms with van der Waals surface area (Å²) in [5.74, 6) is 0.680. The van der Waals surface area contributed by atoms with Gasteiger partial charge in [-0.3, -0.25) is 4.79 Å². The van der Waals surface area contributed by atoms with E-state index in [4.69, 9.17) is 12.2 Å². The fraction of sp³-hybridized carbons (Fsp3) is 0.818. The molecule has 0 aliphatic heterocycles. The Morgan fingerprint density at radius 3 is 2.62 bits per heavy atom. The van der Waals surface area contributed by atoms with Crippen molar-refractivity contribution in [3.05, 3.63) is 0 Å². The minimum Gasteiger partial charge on any atom is -0.362 e. The molecular formula is C11H21N3OS. The topological polar surface area (TPSA) is 53.2 Å². The van der Waals surface area contributed by atoms with Crippen molar-refractivity contribution < 1.29 is 4.79 Å². The number of rotatable bonds is 6. The molecule has 1 aliphatic carbocycles. The molecule has 0 heterocycles. The van der Waals surface area contributed by atoms with Crippen LogP contribution in [0.1, 0.15) is 33.1 Å². The molecule has 4 nitrogen and oxygen atoms in total. The molecule has 0 aromatic carbocycles. The highest BCUT2D eigenvalue weighted by molar-refractivity contribution is 7.80. The molecule has 0 aromatic heterocycles. The summed E-state index contributed by atoms with van der Waals surface area (Å²) >= 11 is 5.07. The number of hydrogen-bond acceptors (Lipinski definition) is 2. The van der Waals surface area contributed by atoms with Gasteiger partial charge in [0.25, 0.3) is 0 Å². The summed E-state index contributed by atoms with van der Waals surface area (Å²) in [4.78, 5) is 11.3. The highest BCUT2D eigenvalue weighted by atomic mass is 32.1. The molecule has 1 saturated carbocycles. The third-order valence-electron chi connectivity index (χ3n) is 2.25. The van der Waals surface area contributed by atoms with Crippen molar-refractivity contribution in [3.63, 3.8) is 0 Å². The molecule has 1 rings (SSSR count). The minimum atomic E-state index is 0.113. The number of carbonyl (C=O) groups is 1. The summed E-state index contributed by atoms with van der Waals surface area (Å²) in [6.45, 7) is 5.71. The van der Waals surface area contributed by atoms with Gasteiger partial charge in [-0.05, 0) is 31.0 Å². The highest BCUT2D eigenvalue weighted by Crippen LogP contribution is 2.18. The Labute approximate surface area is 103 Å². The average molecular weight is 243 g/mol. The fourth-order valence-electron chi connectivity index (χ4n) is 1.18. The summed E-state index contributed by atoms with van der Waals surface area (Å²) in [6.07, 6.45) is 2.75. The second kappa shape index (κ2) is 6.68. The van der Waals surface area contributed by atoms with E-state index < -0.39 is 0 Å². The standard InChI is InChI=1S/C11H21N3OS/c1-8(2)7-13-11(16)12-6-5-10(15)14-9-3-4-9/h8-9H,3-7H2,1-2H3,(H,14,15)(H2,12,13,16). The molecule has 0 radical (unpaired) electrons. The normalized spacial score (nSPS) is 14.7. The first-order valence-corrected chi connectivity index (χ1v) is 6.30. The van der Waals surface area contributed by atoms with Gasteiger partial charge in [0, 0.05) is 25.6 Å². The second-order valence-electron chi connectivity index (χ2n) is 4.62. The largest absolute Gasteiger partial charge is 0.362 e. The average Bonchev–Trinajstić information content (AvgIpc) is 2.98. The monoisotopic (exact) mass is 243 g/mol. The molecule has 0 unspecified atom stereocenters. The lowest BCUT2D eigenvalue weighted by atomic mass is 10.2. The van der Waals surface area contributed by atoms with E-state index in [1.54, 1.807) is 0 Å². The predicted molar refractivity (Wildman–Crippen MR) is 69.2 cm³/mol. The van der Waals surface area contributed by atoms with Gasteiger partial charge >= 0.3 is 0 Å². The maximum atomic E-state index is 11.3. The Balaban J connectivity index is 1.96. The molecule has 5 heteroatoms. The van der Waals surface area contributed by atoms with Gasteiger partial charge in [-0.25, -0.2) is 0 Å². The third kappa shape index (κ3) is 6.61. The van der Waals surface area contributed by atoms with Crippen molar-refractivity contribution in [2.24, 2.45) is 5.92 Å². The van der Waals surface area contributed by atoms with Crippen LogP contribution in [0.25, 0.3) is 0 Å². The van der Waals surface area contributed by atoms with Gasteiger partial charge in [-0.1, -0.05) is 13.8 Å². The lowest BCUT2D eigenvalue weighted by Crippen LogP contribution is -2.39. The van der Waals surface area contributed by atoms with Crippen LogP contribution >= 0.6 is 12.2 Å². The van der Waals surface area contributed by atoms with Crippen molar-refractivity contribution in [3.8, 4) is 0 Å². The molecule has 0 spiro atoms. The Morgan fingerprint density at radius 2 is 2.06 bits per heavy atom. The van der Waals surface area contributed by atoms with Gasteiger partial charge < -0.3 is 16.0 Å². The van der Waals surface area contributed by atoms with Gasteiger partial charge in [0.05, 0.1) is 0 Å². The van der Waals surface area contributed by atoms with Crippen molar-refractivity contribution in [1.82, 2.24) is 16.0 Å². The maximum Gasteiger partial charge on any atom is 0.221 e. The van der Waals surface area contributed by atoms with E-state index in [0.29, 0.717) is 30.0 Å². The van der Waals surface area contributed by atoms with Gasteiger partial charge in [-0.15, -0.1) is 0 Å². The summed E-state index contributed by atoms with van der Waals surface area (Å²) in [5.41, 5.74) is 0. The summed E-state index contributed by atoms with van der Waals surface area (Å²) < 4.78 is 0. The predicted octanol–water partition coefficient (Wildman–Crippen LogP) is 0.775. The SMILES string of the molecule is CC(C)CNC(=S)NCCC(=O)NC1CC1. The first-order valence-electron chi connectivity index (χ1n) is 5.89. The van der Waals surface area contributed by atoms with Crippen LogP contribution in [0.3, 0.4) is 0 Å². The Hall–Kier alpha value is -0.840. The number of hydrogen-bond donors (Lipinski definition) is 3. The van der Waals surface area contributed by atoms with Gasteiger partial charge in [0.2, 0.25) is 5.91 Å². The first kappa shape index (κ1) is 13.2. The zero-order valence-corrected chi connectivity index (χ0v) is 10.8. The Kier molecular flexibility index (Phi) is 5.52. The van der Waals surface area contributed by atoms with Crippen molar-refractivity contribution in [1.29, 1.82) is 0 Å². The van der Waals surface area contributed by atoms with Gasteiger partial charge in [-0.2, -0.15) is 0 Å². The second-order valence-corrected chi connectivity index (χ2v) is 5.03. The van der Waals surface area contributed by atoms with E-state index >= 15 is 0 Å².